The fourth-order valence-electron chi connectivity index (χ4n) is 1.95. The lowest BCUT2D eigenvalue weighted by atomic mass is 10.1. The summed E-state index contributed by atoms with van der Waals surface area (Å²) in [4.78, 5) is 11.9. The predicted octanol–water partition coefficient (Wildman–Crippen LogP) is 3.07. The fourth-order valence-corrected chi connectivity index (χ4v) is 1.95. The molecule has 0 spiro atoms. The zero-order valence-electron chi connectivity index (χ0n) is 11.4. The normalized spacial score (nSPS) is 12.8. The first-order valence-corrected chi connectivity index (χ1v) is 6.16. The Bertz CT molecular complexity index is 521. The van der Waals surface area contributed by atoms with Gasteiger partial charge < -0.3 is 5.11 Å². The summed E-state index contributed by atoms with van der Waals surface area (Å²) in [6, 6.07) is -0.623. The number of carboxylic acid groups (broad SMARTS) is 1. The molecule has 0 heterocycles. The van der Waals surface area contributed by atoms with Crippen molar-refractivity contribution in [3.63, 3.8) is 0 Å². The van der Waals surface area contributed by atoms with Crippen molar-refractivity contribution in [3.05, 3.63) is 34.6 Å². The predicted molar refractivity (Wildman–Crippen MR) is 64.0 cm³/mol. The molecule has 0 aliphatic carbocycles. The van der Waals surface area contributed by atoms with Crippen LogP contribution in [0.25, 0.3) is 0 Å². The molecule has 0 fully saturated rings. The Morgan fingerprint density at radius 1 is 1.05 bits per heavy atom. The summed E-state index contributed by atoms with van der Waals surface area (Å²) in [6.07, 6.45) is -0.316. The molecule has 1 N–H and O–H groups in total. The molecule has 3 nitrogen and oxygen atoms in total. The molecule has 0 bridgehead atoms. The third kappa shape index (κ3) is 3.69. The van der Waals surface area contributed by atoms with E-state index < -0.39 is 53.2 Å². The summed E-state index contributed by atoms with van der Waals surface area (Å²) < 4.78 is 66.2. The Morgan fingerprint density at radius 3 is 1.86 bits per heavy atom. The maximum Gasteiger partial charge on any atom is 0.304 e. The number of aliphatic carboxylic acids is 1. The number of benzene rings is 1. The molecule has 0 saturated carbocycles. The minimum absolute atomic E-state index is 0.188. The largest absolute Gasteiger partial charge is 0.481 e. The number of rotatable bonds is 6. The van der Waals surface area contributed by atoms with E-state index >= 15 is 0 Å². The van der Waals surface area contributed by atoms with Crippen LogP contribution >= 0.6 is 0 Å². The van der Waals surface area contributed by atoms with Gasteiger partial charge in [-0.05, 0) is 13.5 Å². The van der Waals surface area contributed by atoms with E-state index in [1.807, 2.05) is 0 Å². The lowest BCUT2D eigenvalue weighted by molar-refractivity contribution is -0.138. The Morgan fingerprint density at radius 2 is 1.48 bits per heavy atom. The van der Waals surface area contributed by atoms with E-state index in [0.29, 0.717) is 0 Å². The molecule has 0 saturated heterocycles. The van der Waals surface area contributed by atoms with Crippen molar-refractivity contribution in [2.75, 3.05) is 6.54 Å². The highest BCUT2D eigenvalue weighted by Crippen LogP contribution is 2.25. The SMILES string of the molecule is CCN(Cc1c(F)c(F)c(F)c(F)c1F)C(C)CC(=O)O. The van der Waals surface area contributed by atoms with E-state index in [4.69, 9.17) is 5.11 Å². The van der Waals surface area contributed by atoms with Crippen LogP contribution < -0.4 is 0 Å². The van der Waals surface area contributed by atoms with Gasteiger partial charge in [-0.3, -0.25) is 9.69 Å². The topological polar surface area (TPSA) is 40.5 Å². The maximum absolute atomic E-state index is 13.6. The van der Waals surface area contributed by atoms with Crippen LogP contribution in [0, 0.1) is 29.1 Å². The van der Waals surface area contributed by atoms with Gasteiger partial charge in [0.1, 0.15) is 0 Å². The number of carbonyl (C=O) groups is 1. The van der Waals surface area contributed by atoms with E-state index in [1.54, 1.807) is 6.92 Å². The van der Waals surface area contributed by atoms with Crippen molar-refractivity contribution in [1.82, 2.24) is 4.90 Å². The van der Waals surface area contributed by atoms with E-state index in [9.17, 15) is 26.7 Å². The van der Waals surface area contributed by atoms with Crippen LogP contribution in [0.4, 0.5) is 22.0 Å². The van der Waals surface area contributed by atoms with Crippen molar-refractivity contribution in [2.45, 2.75) is 32.9 Å². The molecule has 118 valence electrons. The van der Waals surface area contributed by atoms with Gasteiger partial charge in [0.05, 0.1) is 6.42 Å². The molecule has 8 heteroatoms. The minimum Gasteiger partial charge on any atom is -0.481 e. The van der Waals surface area contributed by atoms with E-state index in [1.165, 1.54) is 11.8 Å². The second-order valence-electron chi connectivity index (χ2n) is 4.56. The molecule has 0 aromatic heterocycles. The third-order valence-electron chi connectivity index (χ3n) is 3.16. The molecule has 1 rings (SSSR count). The molecule has 1 atom stereocenters. The van der Waals surface area contributed by atoms with Crippen molar-refractivity contribution >= 4 is 5.97 Å². The molecule has 21 heavy (non-hydrogen) atoms. The average Bonchev–Trinajstić information content (AvgIpc) is 2.42. The molecule has 0 amide bonds. The number of nitrogens with zero attached hydrogens (tertiary/aromatic N) is 1. The van der Waals surface area contributed by atoms with Gasteiger partial charge in [0.15, 0.2) is 23.3 Å². The van der Waals surface area contributed by atoms with Crippen molar-refractivity contribution in [3.8, 4) is 0 Å². The van der Waals surface area contributed by atoms with Gasteiger partial charge in [0, 0.05) is 18.2 Å². The summed E-state index contributed by atoms with van der Waals surface area (Å²) in [7, 11) is 0. The lowest BCUT2D eigenvalue weighted by Gasteiger charge is -2.27. The molecule has 0 aliphatic heterocycles. The fraction of sp³-hybridized carbons (Fsp3) is 0.462. The van der Waals surface area contributed by atoms with Crippen LogP contribution in [0.2, 0.25) is 0 Å². The Balaban J connectivity index is 3.14. The van der Waals surface area contributed by atoms with Crippen molar-refractivity contribution in [1.29, 1.82) is 0 Å². The van der Waals surface area contributed by atoms with E-state index in [-0.39, 0.29) is 13.0 Å². The number of hydrogen-bond acceptors (Lipinski definition) is 2. The first-order valence-electron chi connectivity index (χ1n) is 6.16. The first-order chi connectivity index (χ1) is 9.70. The van der Waals surface area contributed by atoms with Crippen LogP contribution in [0.3, 0.4) is 0 Å². The van der Waals surface area contributed by atoms with Gasteiger partial charge in [-0.2, -0.15) is 0 Å². The zero-order chi connectivity index (χ0) is 16.3. The highest BCUT2D eigenvalue weighted by atomic mass is 19.2. The third-order valence-corrected chi connectivity index (χ3v) is 3.16. The van der Waals surface area contributed by atoms with Crippen molar-refractivity contribution < 1.29 is 31.9 Å². The van der Waals surface area contributed by atoms with Gasteiger partial charge in [0.2, 0.25) is 5.82 Å². The number of halogens is 5. The lowest BCUT2D eigenvalue weighted by Crippen LogP contribution is -2.35. The Kier molecular flexibility index (Phi) is 5.65. The monoisotopic (exact) mass is 311 g/mol. The second-order valence-corrected chi connectivity index (χ2v) is 4.56. The van der Waals surface area contributed by atoms with Crippen molar-refractivity contribution in [2.24, 2.45) is 0 Å². The zero-order valence-corrected chi connectivity index (χ0v) is 11.4. The summed E-state index contributed by atoms with van der Waals surface area (Å²) in [5.74, 6) is -11.1. The van der Waals surface area contributed by atoms with Gasteiger partial charge in [-0.1, -0.05) is 6.92 Å². The van der Waals surface area contributed by atoms with Gasteiger partial charge in [-0.15, -0.1) is 0 Å². The molecule has 1 unspecified atom stereocenters. The van der Waals surface area contributed by atoms with Crippen LogP contribution in [0.15, 0.2) is 0 Å². The number of hydrogen-bond donors (Lipinski definition) is 1. The summed E-state index contributed by atoms with van der Waals surface area (Å²) in [5, 5.41) is 8.68. The molecule has 0 radical (unpaired) electrons. The highest BCUT2D eigenvalue weighted by Gasteiger charge is 2.27. The van der Waals surface area contributed by atoms with Crippen LogP contribution in [0.5, 0.6) is 0 Å². The first kappa shape index (κ1) is 17.4. The molecule has 1 aromatic rings. The highest BCUT2D eigenvalue weighted by molar-refractivity contribution is 5.67. The van der Waals surface area contributed by atoms with Crippen LogP contribution in [-0.4, -0.2) is 28.6 Å². The average molecular weight is 311 g/mol. The summed E-state index contributed by atoms with van der Waals surface area (Å²) in [5.41, 5.74) is -0.967. The Labute approximate surface area is 118 Å². The molecule has 0 aliphatic rings. The van der Waals surface area contributed by atoms with Crippen LogP contribution in [-0.2, 0) is 11.3 Å². The van der Waals surface area contributed by atoms with E-state index in [0.717, 1.165) is 0 Å². The van der Waals surface area contributed by atoms with Gasteiger partial charge in [-0.25, -0.2) is 22.0 Å². The van der Waals surface area contributed by atoms with Crippen LogP contribution in [0.1, 0.15) is 25.8 Å². The maximum atomic E-state index is 13.6. The summed E-state index contributed by atoms with van der Waals surface area (Å²) >= 11 is 0. The van der Waals surface area contributed by atoms with Gasteiger partial charge >= 0.3 is 5.97 Å². The quantitative estimate of drug-likeness (QED) is 0.499. The Hall–Kier alpha value is -1.70. The van der Waals surface area contributed by atoms with E-state index in [2.05, 4.69) is 0 Å². The molecular formula is C13H14F5NO2. The molecule has 1 aromatic carbocycles. The van der Waals surface area contributed by atoms with Gasteiger partial charge in [0.25, 0.3) is 0 Å². The standard InChI is InChI=1S/C13H14F5NO2/c1-3-19(6(2)4-8(20)21)5-7-9(14)11(16)13(18)12(17)10(7)15/h6H,3-5H2,1-2H3,(H,20,21). The smallest absolute Gasteiger partial charge is 0.304 e. The minimum atomic E-state index is -2.21. The summed E-state index contributed by atoms with van der Waals surface area (Å²) in [6.45, 7) is 2.69. The second kappa shape index (κ2) is 6.84. The number of carboxylic acids is 1. The molecular weight excluding hydrogens is 297 g/mol.